The average Bonchev–Trinajstić information content (AvgIpc) is 3.54. The maximum absolute atomic E-state index is 16.2. The van der Waals surface area contributed by atoms with E-state index in [9.17, 15) is 27.5 Å². The van der Waals surface area contributed by atoms with E-state index in [1.54, 1.807) is 42.5 Å². The molecular formula is C41H56F2N6O5S. The number of amides is 2. The normalized spacial score (nSPS) is 25.0. The second kappa shape index (κ2) is 16.1. The predicted octanol–water partition coefficient (Wildman–Crippen LogP) is 4.25. The highest BCUT2D eigenvalue weighted by molar-refractivity contribution is 7.92. The van der Waals surface area contributed by atoms with Gasteiger partial charge in [-0.05, 0) is 126 Å². The van der Waals surface area contributed by atoms with E-state index in [2.05, 4.69) is 15.1 Å². The number of alkyl halides is 1. The molecule has 4 aliphatic heterocycles. The fourth-order valence-electron chi connectivity index (χ4n) is 9.94. The molecule has 4 heterocycles. The second-order valence-corrected chi connectivity index (χ2v) is 19.1. The summed E-state index contributed by atoms with van der Waals surface area (Å²) in [6.07, 6.45) is 7.55. The van der Waals surface area contributed by atoms with Gasteiger partial charge in [-0.15, -0.1) is 0 Å². The molecule has 55 heavy (non-hydrogen) atoms. The van der Waals surface area contributed by atoms with Crippen LogP contribution in [0, 0.1) is 17.7 Å². The first-order valence-electron chi connectivity index (χ1n) is 19.8. The molecule has 300 valence electrons. The molecule has 0 bridgehead atoms. The first kappa shape index (κ1) is 39.6. The Morgan fingerprint density at radius 3 is 2.31 bits per heavy atom. The summed E-state index contributed by atoms with van der Waals surface area (Å²) in [5.41, 5.74) is -0.114. The summed E-state index contributed by atoms with van der Waals surface area (Å²) in [7, 11) is 0.203. The SMILES string of the molecule is CN(C)C/C=C/C(=O)N1CC(S(=O)(=O)c2ccc(N3CC(F)(CN4CCC(C(CN5CCC5)(c5cccc(F)c5)[C@H]5CCC[C@@H]5NC(=O)O)CC4)C3)cc2)C1. The molecule has 1 unspecified atom stereocenters. The molecule has 1 saturated carbocycles. The molecule has 14 heteroatoms. The number of hydrogen-bond donors (Lipinski definition) is 2. The number of rotatable bonds is 14. The Kier molecular flexibility index (Phi) is 11.6. The lowest BCUT2D eigenvalue weighted by Crippen LogP contribution is -2.65. The molecule has 0 aromatic heterocycles. The van der Waals surface area contributed by atoms with E-state index < -0.39 is 32.3 Å². The van der Waals surface area contributed by atoms with Crippen molar-refractivity contribution in [2.75, 3.05) is 91.0 Å². The van der Waals surface area contributed by atoms with Gasteiger partial charge in [0.15, 0.2) is 15.5 Å². The monoisotopic (exact) mass is 782 g/mol. The molecule has 1 aliphatic carbocycles. The molecule has 11 nitrogen and oxygen atoms in total. The second-order valence-electron chi connectivity index (χ2n) is 16.9. The van der Waals surface area contributed by atoms with Crippen LogP contribution in [0.3, 0.4) is 0 Å². The fraction of sp³-hybridized carbons (Fsp3) is 0.610. The summed E-state index contributed by atoms with van der Waals surface area (Å²) in [4.78, 5) is 34.5. The van der Waals surface area contributed by atoms with E-state index in [0.717, 1.165) is 69.4 Å². The van der Waals surface area contributed by atoms with Crippen LogP contribution < -0.4 is 10.2 Å². The number of carboxylic acid groups (broad SMARTS) is 1. The zero-order chi connectivity index (χ0) is 39.0. The molecule has 2 aromatic rings. The first-order chi connectivity index (χ1) is 26.3. The Labute approximate surface area is 324 Å². The van der Waals surface area contributed by atoms with Gasteiger partial charge < -0.3 is 30.0 Å². The van der Waals surface area contributed by atoms with Crippen LogP contribution in [0.1, 0.15) is 44.1 Å². The maximum atomic E-state index is 16.2. The average molecular weight is 783 g/mol. The highest BCUT2D eigenvalue weighted by Crippen LogP contribution is 2.51. The maximum Gasteiger partial charge on any atom is 0.404 e. The lowest BCUT2D eigenvalue weighted by molar-refractivity contribution is -0.129. The van der Waals surface area contributed by atoms with Crippen molar-refractivity contribution in [3.8, 4) is 0 Å². The van der Waals surface area contributed by atoms with Crippen LogP contribution in [0.15, 0.2) is 65.6 Å². The van der Waals surface area contributed by atoms with Gasteiger partial charge in [-0.2, -0.15) is 0 Å². The third kappa shape index (κ3) is 8.43. The van der Waals surface area contributed by atoms with Gasteiger partial charge in [-0.25, -0.2) is 22.0 Å². The zero-order valence-electron chi connectivity index (χ0n) is 32.1. The molecule has 2 aromatic carbocycles. The molecule has 7 rings (SSSR count). The van der Waals surface area contributed by atoms with E-state index in [0.29, 0.717) is 26.2 Å². The minimum Gasteiger partial charge on any atom is -0.465 e. The van der Waals surface area contributed by atoms with Crippen LogP contribution in [-0.4, -0.2) is 148 Å². The van der Waals surface area contributed by atoms with Crippen molar-refractivity contribution >= 4 is 27.5 Å². The number of nitrogens with zero attached hydrogens (tertiary/aromatic N) is 5. The number of anilines is 1. The van der Waals surface area contributed by atoms with Crippen LogP contribution >= 0.6 is 0 Å². The number of likely N-dealkylation sites (N-methyl/N-ethyl adjacent to an activating group) is 1. The van der Waals surface area contributed by atoms with Gasteiger partial charge in [-0.3, -0.25) is 9.69 Å². The van der Waals surface area contributed by atoms with Crippen LogP contribution in [0.4, 0.5) is 19.3 Å². The number of nitrogens with one attached hydrogen (secondary N) is 1. The molecule has 0 spiro atoms. The standard InChI is InChI=1S/C41H56F2N6O5S/c1-45(2)18-5-11-38(50)48-24-35(25-48)55(53,54)34-14-12-33(13-15-34)49-27-40(43,28-49)26-47-21-16-30(17-22-47)41(29-46-19-6-20-46,31-7-3-8-32(42)23-31)36-9-4-10-37(36)44-39(51)52/h3,5,7-8,11-15,23,30,35-37,44H,4,6,9-10,16-22,24-29H2,1-2H3,(H,51,52)/b11-5+/t36-,37-,41?/m0/s1. The van der Waals surface area contributed by atoms with Gasteiger partial charge in [-0.1, -0.05) is 24.6 Å². The van der Waals surface area contributed by atoms with E-state index >= 15 is 4.39 Å². The van der Waals surface area contributed by atoms with Crippen LogP contribution in [0.25, 0.3) is 0 Å². The molecule has 5 aliphatic rings. The Bertz CT molecular complexity index is 1820. The van der Waals surface area contributed by atoms with Gasteiger partial charge >= 0.3 is 6.09 Å². The van der Waals surface area contributed by atoms with Crippen molar-refractivity contribution in [1.82, 2.24) is 24.9 Å². The topological polar surface area (TPSA) is 117 Å². The summed E-state index contributed by atoms with van der Waals surface area (Å²) >= 11 is 0. The highest BCUT2D eigenvalue weighted by Gasteiger charge is 2.54. The van der Waals surface area contributed by atoms with Crippen molar-refractivity contribution in [1.29, 1.82) is 0 Å². The number of likely N-dealkylation sites (tertiary alicyclic amines) is 3. The van der Waals surface area contributed by atoms with Gasteiger partial charge in [0.05, 0.1) is 18.0 Å². The van der Waals surface area contributed by atoms with E-state index in [-0.39, 0.29) is 60.7 Å². The van der Waals surface area contributed by atoms with Crippen molar-refractivity contribution in [3.05, 3.63) is 72.1 Å². The van der Waals surface area contributed by atoms with Crippen molar-refractivity contribution in [3.63, 3.8) is 0 Å². The molecule has 2 amide bonds. The number of halogens is 2. The molecule has 3 atom stereocenters. The third-order valence-electron chi connectivity index (χ3n) is 12.9. The number of carbonyl (C=O) groups excluding carboxylic acids is 1. The summed E-state index contributed by atoms with van der Waals surface area (Å²) in [6, 6.07) is 13.4. The lowest BCUT2D eigenvalue weighted by atomic mass is 9.57. The number of hydrogen-bond acceptors (Lipinski definition) is 8. The molecule has 0 radical (unpaired) electrons. The van der Waals surface area contributed by atoms with Crippen LogP contribution in [0.5, 0.6) is 0 Å². The van der Waals surface area contributed by atoms with Gasteiger partial charge in [0, 0.05) is 55.9 Å². The summed E-state index contributed by atoms with van der Waals surface area (Å²) in [6.45, 7) is 5.83. The Balaban J connectivity index is 0.960. The van der Waals surface area contributed by atoms with Gasteiger partial charge in [0.1, 0.15) is 11.1 Å². The molecule has 5 fully saturated rings. The van der Waals surface area contributed by atoms with Crippen molar-refractivity contribution in [2.24, 2.45) is 11.8 Å². The zero-order valence-corrected chi connectivity index (χ0v) is 32.9. The fourth-order valence-corrected chi connectivity index (χ4v) is 11.6. The first-order valence-corrected chi connectivity index (χ1v) is 21.4. The van der Waals surface area contributed by atoms with Crippen LogP contribution in [-0.2, 0) is 20.0 Å². The Hall–Kier alpha value is -3.59. The smallest absolute Gasteiger partial charge is 0.404 e. The third-order valence-corrected chi connectivity index (χ3v) is 15.0. The Morgan fingerprint density at radius 2 is 1.69 bits per heavy atom. The number of sulfone groups is 1. The lowest BCUT2D eigenvalue weighted by Gasteiger charge is -2.54. The quantitative estimate of drug-likeness (QED) is 0.272. The van der Waals surface area contributed by atoms with E-state index in [1.807, 2.05) is 30.0 Å². The highest BCUT2D eigenvalue weighted by atomic mass is 32.2. The largest absolute Gasteiger partial charge is 0.465 e. The van der Waals surface area contributed by atoms with Crippen molar-refractivity contribution < 1.29 is 31.9 Å². The van der Waals surface area contributed by atoms with E-state index in [4.69, 9.17) is 0 Å². The van der Waals surface area contributed by atoms with Gasteiger partial charge in [0.25, 0.3) is 0 Å². The number of carbonyl (C=O) groups is 2. The summed E-state index contributed by atoms with van der Waals surface area (Å²) in [5, 5.41) is 11.9. The van der Waals surface area contributed by atoms with E-state index in [1.165, 1.54) is 17.0 Å². The molecular weight excluding hydrogens is 727 g/mol. The predicted molar refractivity (Wildman–Crippen MR) is 208 cm³/mol. The molecule has 2 N–H and O–H groups in total. The molecule has 4 saturated heterocycles. The summed E-state index contributed by atoms with van der Waals surface area (Å²) < 4.78 is 57.7. The van der Waals surface area contributed by atoms with Gasteiger partial charge in [0.2, 0.25) is 5.91 Å². The number of benzene rings is 2. The van der Waals surface area contributed by atoms with Crippen molar-refractivity contribution in [2.45, 2.75) is 65.8 Å². The minimum atomic E-state index is -3.61. The minimum absolute atomic E-state index is 0.0322. The number of piperidine rings is 1. The Morgan fingerprint density at radius 1 is 0.982 bits per heavy atom. The summed E-state index contributed by atoms with van der Waals surface area (Å²) in [5.74, 6) is -0.252. The van der Waals surface area contributed by atoms with Crippen LogP contribution in [0.2, 0.25) is 0 Å².